The number of nitrogens with zero attached hydrogens (tertiary/aromatic N) is 1. The van der Waals surface area contributed by atoms with E-state index in [0.29, 0.717) is 0 Å². The molecule has 16 heavy (non-hydrogen) atoms. The standard InChI is InChI=1S/C14H31NO/c1-6-10-12-14(16-9-4,13-11-7-2)15(5)8-3/h6-13H2,1-5H3. The predicted molar refractivity (Wildman–Crippen MR) is 71.7 cm³/mol. The van der Waals surface area contributed by atoms with Crippen LogP contribution in [-0.4, -0.2) is 30.8 Å². The molecule has 0 atom stereocenters. The van der Waals surface area contributed by atoms with Crippen molar-refractivity contribution in [1.82, 2.24) is 4.90 Å². The SMILES string of the molecule is CCCCC(CCCC)(OCC)N(C)CC. The molecule has 0 bridgehead atoms. The lowest BCUT2D eigenvalue weighted by Gasteiger charge is -2.41. The first kappa shape index (κ1) is 15.9. The Balaban J connectivity index is 4.58. The van der Waals surface area contributed by atoms with Gasteiger partial charge < -0.3 is 4.74 Å². The van der Waals surface area contributed by atoms with Crippen LogP contribution in [0.25, 0.3) is 0 Å². The van der Waals surface area contributed by atoms with Crippen LogP contribution >= 0.6 is 0 Å². The molecule has 0 aromatic heterocycles. The second-order valence-electron chi connectivity index (χ2n) is 4.60. The Bertz CT molecular complexity index is 151. The van der Waals surface area contributed by atoms with Crippen LogP contribution in [-0.2, 0) is 4.74 Å². The van der Waals surface area contributed by atoms with E-state index in [4.69, 9.17) is 4.74 Å². The van der Waals surface area contributed by atoms with Gasteiger partial charge in [0.1, 0.15) is 5.72 Å². The summed E-state index contributed by atoms with van der Waals surface area (Å²) in [7, 11) is 2.20. The zero-order valence-electron chi connectivity index (χ0n) is 12.0. The molecule has 0 aliphatic carbocycles. The fraction of sp³-hybridized carbons (Fsp3) is 1.00. The highest BCUT2D eigenvalue weighted by Crippen LogP contribution is 2.29. The van der Waals surface area contributed by atoms with Crippen molar-refractivity contribution in [1.29, 1.82) is 0 Å². The second kappa shape index (κ2) is 9.00. The molecule has 0 aliphatic heterocycles. The Morgan fingerprint density at radius 2 is 1.44 bits per heavy atom. The van der Waals surface area contributed by atoms with Crippen molar-refractivity contribution >= 4 is 0 Å². The summed E-state index contributed by atoms with van der Waals surface area (Å²) in [6, 6.07) is 0. The molecule has 0 aromatic rings. The zero-order valence-corrected chi connectivity index (χ0v) is 12.0. The quantitative estimate of drug-likeness (QED) is 0.524. The number of unbranched alkanes of at least 4 members (excludes halogenated alkanes) is 2. The lowest BCUT2D eigenvalue weighted by Crippen LogP contribution is -2.48. The normalized spacial score (nSPS) is 12.4. The maximum absolute atomic E-state index is 6.11. The molecule has 98 valence electrons. The highest BCUT2D eigenvalue weighted by atomic mass is 16.5. The van der Waals surface area contributed by atoms with Crippen molar-refractivity contribution in [3.63, 3.8) is 0 Å². The minimum atomic E-state index is -0.00444. The zero-order chi connectivity index (χ0) is 12.4. The molecule has 2 heteroatoms. The molecule has 0 unspecified atom stereocenters. The summed E-state index contributed by atoms with van der Waals surface area (Å²) in [5, 5.41) is 0. The van der Waals surface area contributed by atoms with Gasteiger partial charge in [-0.1, -0.05) is 33.6 Å². The monoisotopic (exact) mass is 229 g/mol. The van der Waals surface area contributed by atoms with Gasteiger partial charge >= 0.3 is 0 Å². The van der Waals surface area contributed by atoms with Crippen LogP contribution < -0.4 is 0 Å². The van der Waals surface area contributed by atoms with Crippen molar-refractivity contribution in [2.75, 3.05) is 20.2 Å². The van der Waals surface area contributed by atoms with Crippen LogP contribution in [0.4, 0.5) is 0 Å². The molecule has 0 spiro atoms. The average Bonchev–Trinajstić information content (AvgIpc) is 2.32. The smallest absolute Gasteiger partial charge is 0.121 e. The summed E-state index contributed by atoms with van der Waals surface area (Å²) in [6.07, 6.45) is 7.35. The number of ether oxygens (including phenoxy) is 1. The van der Waals surface area contributed by atoms with E-state index in [0.717, 1.165) is 13.2 Å². The Morgan fingerprint density at radius 3 is 1.75 bits per heavy atom. The number of rotatable bonds is 10. The third-order valence-corrected chi connectivity index (χ3v) is 3.42. The van der Waals surface area contributed by atoms with Crippen molar-refractivity contribution < 1.29 is 4.74 Å². The fourth-order valence-corrected chi connectivity index (χ4v) is 2.22. The molecule has 0 radical (unpaired) electrons. The van der Waals surface area contributed by atoms with Crippen molar-refractivity contribution in [2.24, 2.45) is 0 Å². The summed E-state index contributed by atoms with van der Waals surface area (Å²) < 4.78 is 6.11. The summed E-state index contributed by atoms with van der Waals surface area (Å²) in [5.41, 5.74) is -0.00444. The molecular formula is C14H31NO. The lowest BCUT2D eigenvalue weighted by molar-refractivity contribution is -0.154. The van der Waals surface area contributed by atoms with Gasteiger partial charge in [0.25, 0.3) is 0 Å². The van der Waals surface area contributed by atoms with Gasteiger partial charge in [-0.2, -0.15) is 0 Å². The molecule has 0 heterocycles. The molecule has 0 aromatic carbocycles. The second-order valence-corrected chi connectivity index (χ2v) is 4.60. The van der Waals surface area contributed by atoms with Gasteiger partial charge in [-0.05, 0) is 46.2 Å². The Hall–Kier alpha value is -0.0800. The lowest BCUT2D eigenvalue weighted by atomic mass is 9.97. The summed E-state index contributed by atoms with van der Waals surface area (Å²) in [6.45, 7) is 10.7. The molecule has 0 rings (SSSR count). The molecule has 0 saturated carbocycles. The average molecular weight is 229 g/mol. The fourth-order valence-electron chi connectivity index (χ4n) is 2.22. The van der Waals surface area contributed by atoms with Crippen LogP contribution in [0.15, 0.2) is 0 Å². The van der Waals surface area contributed by atoms with E-state index in [1.54, 1.807) is 0 Å². The minimum Gasteiger partial charge on any atom is -0.361 e. The molecule has 0 N–H and O–H groups in total. The van der Waals surface area contributed by atoms with Crippen LogP contribution in [0.5, 0.6) is 0 Å². The first-order valence-electron chi connectivity index (χ1n) is 7.02. The van der Waals surface area contributed by atoms with Gasteiger partial charge in [0.2, 0.25) is 0 Å². The molecular weight excluding hydrogens is 198 g/mol. The van der Waals surface area contributed by atoms with Gasteiger partial charge in [0, 0.05) is 6.61 Å². The third-order valence-electron chi connectivity index (χ3n) is 3.42. The summed E-state index contributed by atoms with van der Waals surface area (Å²) >= 11 is 0. The largest absolute Gasteiger partial charge is 0.361 e. The van der Waals surface area contributed by atoms with E-state index in [1.165, 1.54) is 38.5 Å². The van der Waals surface area contributed by atoms with Gasteiger partial charge in [0.15, 0.2) is 0 Å². The van der Waals surface area contributed by atoms with Crippen molar-refractivity contribution in [2.45, 2.75) is 71.9 Å². The van der Waals surface area contributed by atoms with Crippen LogP contribution in [0.3, 0.4) is 0 Å². The number of hydrogen-bond acceptors (Lipinski definition) is 2. The van der Waals surface area contributed by atoms with Gasteiger partial charge in [0.05, 0.1) is 0 Å². The summed E-state index contributed by atoms with van der Waals surface area (Å²) in [4.78, 5) is 2.39. The molecule has 0 fully saturated rings. The Labute approximate surface area is 102 Å². The maximum Gasteiger partial charge on any atom is 0.121 e. The topological polar surface area (TPSA) is 12.5 Å². The van der Waals surface area contributed by atoms with Gasteiger partial charge in [-0.3, -0.25) is 4.90 Å². The Kier molecular flexibility index (Phi) is 8.96. The first-order chi connectivity index (χ1) is 7.66. The van der Waals surface area contributed by atoms with E-state index in [1.807, 2.05) is 0 Å². The molecule has 0 aliphatic rings. The summed E-state index contributed by atoms with van der Waals surface area (Å²) in [5.74, 6) is 0. The van der Waals surface area contributed by atoms with E-state index in [-0.39, 0.29) is 5.72 Å². The van der Waals surface area contributed by atoms with E-state index < -0.39 is 0 Å². The van der Waals surface area contributed by atoms with Crippen LogP contribution in [0, 0.1) is 0 Å². The molecule has 2 nitrogen and oxygen atoms in total. The van der Waals surface area contributed by atoms with Crippen LogP contribution in [0.1, 0.15) is 66.2 Å². The third kappa shape index (κ3) is 4.84. The molecule has 0 saturated heterocycles. The van der Waals surface area contributed by atoms with E-state index in [9.17, 15) is 0 Å². The van der Waals surface area contributed by atoms with Gasteiger partial charge in [-0.25, -0.2) is 0 Å². The van der Waals surface area contributed by atoms with E-state index >= 15 is 0 Å². The first-order valence-corrected chi connectivity index (χ1v) is 7.02. The number of hydrogen-bond donors (Lipinski definition) is 0. The van der Waals surface area contributed by atoms with E-state index in [2.05, 4.69) is 39.6 Å². The van der Waals surface area contributed by atoms with Gasteiger partial charge in [-0.15, -0.1) is 0 Å². The Morgan fingerprint density at radius 1 is 0.938 bits per heavy atom. The van der Waals surface area contributed by atoms with Crippen molar-refractivity contribution in [3.8, 4) is 0 Å². The predicted octanol–water partition coefficient (Wildman–Crippen LogP) is 4.05. The van der Waals surface area contributed by atoms with Crippen LogP contribution in [0.2, 0.25) is 0 Å². The van der Waals surface area contributed by atoms with Crippen molar-refractivity contribution in [3.05, 3.63) is 0 Å². The molecule has 0 amide bonds. The minimum absolute atomic E-state index is 0.00444. The highest BCUT2D eigenvalue weighted by molar-refractivity contribution is 4.79. The maximum atomic E-state index is 6.11. The highest BCUT2D eigenvalue weighted by Gasteiger charge is 2.32.